The molecule has 2 unspecified atom stereocenters. The van der Waals surface area contributed by atoms with Gasteiger partial charge in [-0.1, -0.05) is 32.9 Å². The number of benzene rings is 1. The monoisotopic (exact) mass is 246 g/mol. The molecule has 0 radical (unpaired) electrons. The molecule has 0 spiro atoms. The van der Waals surface area contributed by atoms with E-state index in [0.717, 1.165) is 23.2 Å². The number of anilines is 1. The number of nitrogens with two attached hydrogens (primary N) is 1. The van der Waals surface area contributed by atoms with Gasteiger partial charge < -0.3 is 11.1 Å². The minimum atomic E-state index is -0.0652. The van der Waals surface area contributed by atoms with Crippen LogP contribution in [0.1, 0.15) is 56.3 Å². The van der Waals surface area contributed by atoms with E-state index in [2.05, 4.69) is 38.2 Å². The second kappa shape index (κ2) is 4.73. The van der Waals surface area contributed by atoms with E-state index in [0.29, 0.717) is 5.92 Å². The quantitative estimate of drug-likeness (QED) is 0.861. The van der Waals surface area contributed by atoms with Crippen molar-refractivity contribution >= 4 is 11.6 Å². The molecule has 0 saturated carbocycles. The van der Waals surface area contributed by atoms with Gasteiger partial charge in [-0.3, -0.25) is 4.79 Å². The van der Waals surface area contributed by atoms with E-state index in [1.54, 1.807) is 0 Å². The van der Waals surface area contributed by atoms with Gasteiger partial charge in [0.1, 0.15) is 0 Å². The van der Waals surface area contributed by atoms with E-state index in [1.807, 2.05) is 6.92 Å². The molecule has 0 aromatic heterocycles. The van der Waals surface area contributed by atoms with E-state index < -0.39 is 0 Å². The zero-order valence-electron chi connectivity index (χ0n) is 11.6. The van der Waals surface area contributed by atoms with Crippen LogP contribution in [0, 0.1) is 5.92 Å². The molecule has 3 N–H and O–H groups in total. The van der Waals surface area contributed by atoms with Crippen molar-refractivity contribution in [3.63, 3.8) is 0 Å². The molecular weight excluding hydrogens is 224 g/mol. The van der Waals surface area contributed by atoms with Gasteiger partial charge in [-0.15, -0.1) is 0 Å². The zero-order valence-corrected chi connectivity index (χ0v) is 11.6. The Bertz CT molecular complexity index is 480. The molecule has 0 aliphatic carbocycles. The van der Waals surface area contributed by atoms with E-state index in [9.17, 15) is 4.79 Å². The Labute approximate surface area is 109 Å². The molecule has 1 amide bonds. The number of amides is 1. The summed E-state index contributed by atoms with van der Waals surface area (Å²) >= 11 is 0. The molecule has 98 valence electrons. The molecular formula is C15H22N2O. The second-order valence-electron chi connectivity index (χ2n) is 5.48. The van der Waals surface area contributed by atoms with Crippen molar-refractivity contribution in [1.82, 2.24) is 0 Å². The lowest BCUT2D eigenvalue weighted by Gasteiger charge is -2.19. The van der Waals surface area contributed by atoms with Gasteiger partial charge in [0.15, 0.2) is 0 Å². The van der Waals surface area contributed by atoms with Crippen molar-refractivity contribution in [2.45, 2.75) is 46.1 Å². The Kier molecular flexibility index (Phi) is 3.44. The lowest BCUT2D eigenvalue weighted by molar-refractivity contribution is -0.116. The molecule has 18 heavy (non-hydrogen) atoms. The first kappa shape index (κ1) is 13.1. The van der Waals surface area contributed by atoms with Crippen LogP contribution < -0.4 is 11.1 Å². The number of hydrogen-bond donors (Lipinski definition) is 2. The number of aryl methyl sites for hydroxylation is 1. The van der Waals surface area contributed by atoms with Crippen LogP contribution in [0.2, 0.25) is 0 Å². The van der Waals surface area contributed by atoms with Crippen LogP contribution in [-0.2, 0) is 11.2 Å². The van der Waals surface area contributed by atoms with Crippen molar-refractivity contribution < 1.29 is 4.79 Å². The Morgan fingerprint density at radius 2 is 2.06 bits per heavy atom. The third-order valence-electron chi connectivity index (χ3n) is 3.86. The number of fused-ring (bicyclic) bond motifs is 1. The summed E-state index contributed by atoms with van der Waals surface area (Å²) in [5.74, 6) is 0.424. The maximum absolute atomic E-state index is 11.8. The largest absolute Gasteiger partial charge is 0.325 e. The van der Waals surface area contributed by atoms with E-state index in [1.165, 1.54) is 5.56 Å². The summed E-state index contributed by atoms with van der Waals surface area (Å²) in [6, 6.07) is 4.27. The van der Waals surface area contributed by atoms with Gasteiger partial charge in [0.05, 0.1) is 5.92 Å². The third kappa shape index (κ3) is 2.03. The summed E-state index contributed by atoms with van der Waals surface area (Å²) in [5.41, 5.74) is 10.7. The molecule has 1 aromatic carbocycles. The second-order valence-corrected chi connectivity index (χ2v) is 5.48. The Morgan fingerprint density at radius 1 is 1.39 bits per heavy atom. The maximum atomic E-state index is 11.8. The molecule has 1 aromatic rings. The van der Waals surface area contributed by atoms with Crippen LogP contribution in [0.3, 0.4) is 0 Å². The highest BCUT2D eigenvalue weighted by Gasteiger charge is 2.29. The molecule has 3 heteroatoms. The topological polar surface area (TPSA) is 55.1 Å². The number of hydrogen-bond acceptors (Lipinski definition) is 2. The first-order valence-electron chi connectivity index (χ1n) is 6.68. The molecule has 1 heterocycles. The predicted octanol–water partition coefficient (Wildman–Crippen LogP) is 2.96. The van der Waals surface area contributed by atoms with Crippen LogP contribution in [0.4, 0.5) is 5.69 Å². The van der Waals surface area contributed by atoms with Crippen LogP contribution in [0.5, 0.6) is 0 Å². The Morgan fingerprint density at radius 3 is 2.61 bits per heavy atom. The van der Waals surface area contributed by atoms with Gasteiger partial charge in [0.2, 0.25) is 5.91 Å². The smallest absolute Gasteiger partial charge is 0.231 e. The van der Waals surface area contributed by atoms with Crippen LogP contribution in [0.15, 0.2) is 12.1 Å². The van der Waals surface area contributed by atoms with Gasteiger partial charge in [-0.05, 0) is 36.0 Å². The van der Waals surface area contributed by atoms with Gasteiger partial charge >= 0.3 is 0 Å². The van der Waals surface area contributed by atoms with Crippen molar-refractivity contribution in [1.29, 1.82) is 0 Å². The molecule has 3 nitrogen and oxygen atoms in total. The van der Waals surface area contributed by atoms with E-state index >= 15 is 0 Å². The van der Waals surface area contributed by atoms with Crippen LogP contribution in [0.25, 0.3) is 0 Å². The van der Waals surface area contributed by atoms with E-state index in [4.69, 9.17) is 5.73 Å². The normalized spacial score (nSPS) is 19.9. The number of rotatable bonds is 3. The molecule has 1 aliphatic heterocycles. The first-order valence-corrected chi connectivity index (χ1v) is 6.68. The SMILES string of the molecule is CCc1cc(C(N)C(C)C)cc2c1NC(=O)C2C. The highest BCUT2D eigenvalue weighted by molar-refractivity contribution is 6.03. The summed E-state index contributed by atoms with van der Waals surface area (Å²) in [5, 5.41) is 2.98. The standard InChI is InChI=1S/C15H22N2O/c1-5-10-6-11(13(16)8(2)3)7-12-9(4)15(18)17-14(10)12/h6-9,13H,5,16H2,1-4H3,(H,17,18). The fourth-order valence-electron chi connectivity index (χ4n) is 2.47. The average Bonchev–Trinajstić information content (AvgIpc) is 2.63. The molecule has 0 fully saturated rings. The lowest BCUT2D eigenvalue weighted by Crippen LogP contribution is -2.17. The van der Waals surface area contributed by atoms with Gasteiger partial charge in [0.25, 0.3) is 0 Å². The predicted molar refractivity (Wildman–Crippen MR) is 74.6 cm³/mol. The number of nitrogens with one attached hydrogen (secondary N) is 1. The molecule has 2 rings (SSSR count). The summed E-state index contributed by atoms with van der Waals surface area (Å²) < 4.78 is 0. The zero-order chi connectivity index (χ0) is 13.4. The van der Waals surface area contributed by atoms with E-state index in [-0.39, 0.29) is 17.9 Å². The minimum absolute atomic E-state index is 0.0310. The summed E-state index contributed by atoms with van der Waals surface area (Å²) in [6.45, 7) is 8.30. The molecule has 0 saturated heterocycles. The number of carbonyl (C=O) groups excluding carboxylic acids is 1. The van der Waals surface area contributed by atoms with Crippen molar-refractivity contribution in [3.05, 3.63) is 28.8 Å². The average molecular weight is 246 g/mol. The maximum Gasteiger partial charge on any atom is 0.231 e. The third-order valence-corrected chi connectivity index (χ3v) is 3.86. The minimum Gasteiger partial charge on any atom is -0.325 e. The lowest BCUT2D eigenvalue weighted by atomic mass is 9.90. The fraction of sp³-hybridized carbons (Fsp3) is 0.533. The number of carbonyl (C=O) groups is 1. The first-order chi connectivity index (χ1) is 8.45. The van der Waals surface area contributed by atoms with Gasteiger partial charge in [-0.2, -0.15) is 0 Å². The summed E-state index contributed by atoms with van der Waals surface area (Å²) in [6.07, 6.45) is 0.911. The summed E-state index contributed by atoms with van der Waals surface area (Å²) in [7, 11) is 0. The van der Waals surface area contributed by atoms with Crippen LogP contribution >= 0.6 is 0 Å². The van der Waals surface area contributed by atoms with Gasteiger partial charge in [0, 0.05) is 11.7 Å². The molecule has 2 atom stereocenters. The highest BCUT2D eigenvalue weighted by atomic mass is 16.2. The molecule has 0 bridgehead atoms. The Hall–Kier alpha value is -1.35. The summed E-state index contributed by atoms with van der Waals surface area (Å²) in [4.78, 5) is 11.8. The van der Waals surface area contributed by atoms with Crippen LogP contribution in [-0.4, -0.2) is 5.91 Å². The molecule has 1 aliphatic rings. The van der Waals surface area contributed by atoms with Crippen molar-refractivity contribution in [2.24, 2.45) is 11.7 Å². The highest BCUT2D eigenvalue weighted by Crippen LogP contribution is 2.38. The van der Waals surface area contributed by atoms with Crippen molar-refractivity contribution in [2.75, 3.05) is 5.32 Å². The van der Waals surface area contributed by atoms with Gasteiger partial charge in [-0.25, -0.2) is 0 Å². The Balaban J connectivity index is 2.52. The fourth-order valence-corrected chi connectivity index (χ4v) is 2.47. The van der Waals surface area contributed by atoms with Crippen molar-refractivity contribution in [3.8, 4) is 0 Å².